The van der Waals surface area contributed by atoms with E-state index in [2.05, 4.69) is 10.3 Å². The van der Waals surface area contributed by atoms with Gasteiger partial charge in [0, 0.05) is 19.5 Å². The lowest BCUT2D eigenvalue weighted by Gasteiger charge is -2.09. The molecule has 0 radical (unpaired) electrons. The first-order valence-electron chi connectivity index (χ1n) is 4.55. The van der Waals surface area contributed by atoms with Gasteiger partial charge in [0.2, 0.25) is 5.91 Å². The molecular formula is C9H12ClN3O2. The second kappa shape index (κ2) is 4.93. The molecule has 0 bridgehead atoms. The minimum Gasteiger partial charge on any atom is -0.358 e. The minimum atomic E-state index is -0.310. The van der Waals surface area contributed by atoms with Crippen molar-refractivity contribution in [2.75, 3.05) is 7.05 Å². The first-order chi connectivity index (χ1) is 7.08. The number of nitrogens with zero attached hydrogens (tertiary/aromatic N) is 2. The summed E-state index contributed by atoms with van der Waals surface area (Å²) in [5.74, 6) is 0.270. The van der Waals surface area contributed by atoms with Crippen LogP contribution in [0.15, 0.2) is 10.9 Å². The van der Waals surface area contributed by atoms with Gasteiger partial charge in [-0.15, -0.1) is 0 Å². The Morgan fingerprint density at radius 3 is 2.87 bits per heavy atom. The average molecular weight is 230 g/mol. The molecule has 15 heavy (non-hydrogen) atoms. The van der Waals surface area contributed by atoms with Crippen LogP contribution in [0, 0.1) is 0 Å². The Kier molecular flexibility index (Phi) is 3.85. The molecule has 6 heteroatoms. The van der Waals surface area contributed by atoms with E-state index in [-0.39, 0.29) is 23.2 Å². The molecule has 0 saturated heterocycles. The number of amides is 1. The van der Waals surface area contributed by atoms with Crippen molar-refractivity contribution in [1.29, 1.82) is 0 Å². The summed E-state index contributed by atoms with van der Waals surface area (Å²) in [7, 11) is 1.52. The third-order valence-corrected chi connectivity index (χ3v) is 2.15. The molecule has 0 aliphatic rings. The van der Waals surface area contributed by atoms with E-state index >= 15 is 0 Å². The first-order valence-corrected chi connectivity index (χ1v) is 4.93. The van der Waals surface area contributed by atoms with E-state index in [4.69, 9.17) is 11.6 Å². The van der Waals surface area contributed by atoms with Crippen LogP contribution < -0.4 is 10.9 Å². The Morgan fingerprint density at radius 1 is 1.67 bits per heavy atom. The molecule has 0 aliphatic heterocycles. The van der Waals surface area contributed by atoms with Crippen LogP contribution in [0.1, 0.15) is 12.7 Å². The number of hydrogen-bond acceptors (Lipinski definition) is 3. The third kappa shape index (κ3) is 2.79. The molecule has 0 saturated carbocycles. The molecule has 0 aliphatic carbocycles. The fraction of sp³-hybridized carbons (Fsp3) is 0.444. The molecule has 0 aromatic carbocycles. The van der Waals surface area contributed by atoms with Crippen LogP contribution in [0.4, 0.5) is 0 Å². The van der Waals surface area contributed by atoms with Crippen LogP contribution in [0.3, 0.4) is 0 Å². The van der Waals surface area contributed by atoms with Crippen LogP contribution in [-0.2, 0) is 17.8 Å². The van der Waals surface area contributed by atoms with E-state index in [0.29, 0.717) is 12.2 Å². The van der Waals surface area contributed by atoms with E-state index < -0.39 is 0 Å². The molecule has 1 aromatic heterocycles. The smallest absolute Gasteiger partial charge is 0.255 e. The summed E-state index contributed by atoms with van der Waals surface area (Å²) in [6.45, 7) is 1.82. The monoisotopic (exact) mass is 229 g/mol. The molecule has 0 atom stereocenters. The molecule has 1 aromatic rings. The number of rotatable bonds is 3. The summed E-state index contributed by atoms with van der Waals surface area (Å²) in [4.78, 5) is 26.7. The molecule has 1 N–H and O–H groups in total. The Balaban J connectivity index is 3.15. The predicted molar refractivity (Wildman–Crippen MR) is 57.0 cm³/mol. The van der Waals surface area contributed by atoms with Crippen molar-refractivity contribution in [2.45, 2.75) is 19.9 Å². The fourth-order valence-corrected chi connectivity index (χ4v) is 1.38. The number of carbonyl (C=O) groups is 1. The van der Waals surface area contributed by atoms with Gasteiger partial charge in [0.15, 0.2) is 0 Å². The van der Waals surface area contributed by atoms with Crippen molar-refractivity contribution in [3.8, 4) is 0 Å². The second-order valence-corrected chi connectivity index (χ2v) is 3.33. The molecule has 1 rings (SSSR count). The van der Waals surface area contributed by atoms with Crippen LogP contribution in [0.5, 0.6) is 0 Å². The molecule has 5 nitrogen and oxygen atoms in total. The predicted octanol–water partition coefficient (Wildman–Crippen LogP) is 0.205. The molecule has 0 spiro atoms. The van der Waals surface area contributed by atoms with Crippen molar-refractivity contribution < 1.29 is 4.79 Å². The summed E-state index contributed by atoms with van der Waals surface area (Å²) in [6.07, 6.45) is 0.548. The van der Waals surface area contributed by atoms with Gasteiger partial charge in [0.1, 0.15) is 17.5 Å². The maximum absolute atomic E-state index is 11.5. The minimum absolute atomic E-state index is 0.0251. The van der Waals surface area contributed by atoms with Gasteiger partial charge in [0.05, 0.1) is 0 Å². The van der Waals surface area contributed by atoms with Crippen LogP contribution in [0.25, 0.3) is 0 Å². The van der Waals surface area contributed by atoms with Crippen LogP contribution in [0.2, 0.25) is 5.15 Å². The highest BCUT2D eigenvalue weighted by Gasteiger charge is 2.09. The zero-order chi connectivity index (χ0) is 11.4. The zero-order valence-electron chi connectivity index (χ0n) is 8.58. The van der Waals surface area contributed by atoms with Crippen LogP contribution >= 0.6 is 11.6 Å². The van der Waals surface area contributed by atoms with Gasteiger partial charge in [-0.25, -0.2) is 4.98 Å². The molecule has 82 valence electrons. The van der Waals surface area contributed by atoms with Crippen LogP contribution in [-0.4, -0.2) is 22.5 Å². The summed E-state index contributed by atoms with van der Waals surface area (Å²) >= 11 is 5.65. The van der Waals surface area contributed by atoms with Crippen molar-refractivity contribution >= 4 is 17.5 Å². The Labute approximate surface area is 92.1 Å². The quantitative estimate of drug-likeness (QED) is 0.754. The fourth-order valence-electron chi connectivity index (χ4n) is 1.18. The largest absolute Gasteiger partial charge is 0.358 e. The van der Waals surface area contributed by atoms with Crippen molar-refractivity contribution in [3.05, 3.63) is 27.4 Å². The van der Waals surface area contributed by atoms with Gasteiger partial charge in [-0.2, -0.15) is 0 Å². The van der Waals surface area contributed by atoms with Gasteiger partial charge in [-0.3, -0.25) is 14.2 Å². The average Bonchev–Trinajstić information content (AvgIpc) is 2.21. The number of aromatic nitrogens is 2. The Hall–Kier alpha value is -1.36. The van der Waals surface area contributed by atoms with Crippen molar-refractivity contribution in [2.24, 2.45) is 0 Å². The summed E-state index contributed by atoms with van der Waals surface area (Å²) in [5.41, 5.74) is -0.310. The zero-order valence-corrected chi connectivity index (χ0v) is 9.34. The molecule has 1 heterocycles. The first kappa shape index (κ1) is 11.7. The van der Waals surface area contributed by atoms with Gasteiger partial charge in [-0.1, -0.05) is 18.5 Å². The summed E-state index contributed by atoms with van der Waals surface area (Å²) in [6, 6.07) is 1.20. The Morgan fingerprint density at radius 2 is 2.33 bits per heavy atom. The lowest BCUT2D eigenvalue weighted by molar-refractivity contribution is -0.121. The highest BCUT2D eigenvalue weighted by molar-refractivity contribution is 6.29. The highest BCUT2D eigenvalue weighted by Crippen LogP contribution is 2.02. The van der Waals surface area contributed by atoms with Crippen molar-refractivity contribution in [1.82, 2.24) is 14.9 Å². The normalized spacial score (nSPS) is 10.1. The van der Waals surface area contributed by atoms with E-state index in [1.807, 2.05) is 6.92 Å². The number of hydrogen-bond donors (Lipinski definition) is 1. The van der Waals surface area contributed by atoms with Gasteiger partial charge < -0.3 is 5.32 Å². The van der Waals surface area contributed by atoms with Gasteiger partial charge >= 0.3 is 0 Å². The molecular weight excluding hydrogens is 218 g/mol. The number of nitrogens with one attached hydrogen (secondary N) is 1. The summed E-state index contributed by atoms with van der Waals surface area (Å²) < 4.78 is 1.31. The van der Waals surface area contributed by atoms with E-state index in [9.17, 15) is 9.59 Å². The Bertz CT molecular complexity index is 428. The topological polar surface area (TPSA) is 64.0 Å². The maximum atomic E-state index is 11.5. The van der Waals surface area contributed by atoms with Crippen molar-refractivity contribution in [3.63, 3.8) is 0 Å². The van der Waals surface area contributed by atoms with Gasteiger partial charge in [0.25, 0.3) is 5.56 Å². The highest BCUT2D eigenvalue weighted by atomic mass is 35.5. The lowest BCUT2D eigenvalue weighted by atomic mass is 10.4. The molecule has 1 amide bonds. The number of likely N-dealkylation sites (N-methyl/N-ethyl adjacent to an activating group) is 1. The summed E-state index contributed by atoms with van der Waals surface area (Å²) in [5, 5.41) is 2.60. The van der Waals surface area contributed by atoms with E-state index in [1.165, 1.54) is 17.7 Å². The molecule has 0 unspecified atom stereocenters. The number of aryl methyl sites for hydroxylation is 1. The number of carbonyl (C=O) groups excluding carboxylic acids is 1. The maximum Gasteiger partial charge on any atom is 0.255 e. The van der Waals surface area contributed by atoms with E-state index in [0.717, 1.165) is 0 Å². The molecule has 0 fully saturated rings. The third-order valence-electron chi connectivity index (χ3n) is 1.95. The standard InChI is InChI=1S/C9H12ClN3O2/c1-3-7-12-6(10)4-9(15)13(7)5-8(14)11-2/h4H,3,5H2,1-2H3,(H,11,14). The van der Waals surface area contributed by atoms with E-state index in [1.54, 1.807) is 0 Å². The lowest BCUT2D eigenvalue weighted by Crippen LogP contribution is -2.32. The second-order valence-electron chi connectivity index (χ2n) is 2.95. The number of halogens is 1. The van der Waals surface area contributed by atoms with Gasteiger partial charge in [-0.05, 0) is 0 Å². The SMILES string of the molecule is CCc1nc(Cl)cc(=O)n1CC(=O)NC.